The van der Waals surface area contributed by atoms with Crippen molar-refractivity contribution in [3.05, 3.63) is 58.2 Å². The van der Waals surface area contributed by atoms with Crippen LogP contribution in [0.3, 0.4) is 0 Å². The van der Waals surface area contributed by atoms with E-state index < -0.39 is 17.2 Å². The van der Waals surface area contributed by atoms with Crippen molar-refractivity contribution >= 4 is 10.9 Å². The molecule has 7 heteroatoms. The second kappa shape index (κ2) is 5.08. The molecule has 2 aromatic heterocycles. The Hall–Kier alpha value is -2.57. The van der Waals surface area contributed by atoms with Gasteiger partial charge < -0.3 is 9.55 Å². The van der Waals surface area contributed by atoms with Crippen LogP contribution in [0.15, 0.2) is 29.3 Å². The van der Waals surface area contributed by atoms with Crippen LogP contribution in [0.5, 0.6) is 0 Å². The van der Waals surface area contributed by atoms with Crippen LogP contribution in [0.2, 0.25) is 0 Å². The van der Waals surface area contributed by atoms with Crippen LogP contribution in [-0.2, 0) is 13.0 Å². The highest BCUT2D eigenvalue weighted by Gasteiger charge is 2.11. The van der Waals surface area contributed by atoms with Crippen LogP contribution in [0.25, 0.3) is 10.9 Å². The van der Waals surface area contributed by atoms with E-state index >= 15 is 0 Å². The van der Waals surface area contributed by atoms with E-state index in [-0.39, 0.29) is 10.9 Å². The summed E-state index contributed by atoms with van der Waals surface area (Å²) in [5, 5.41) is 0.0245. The molecule has 0 unspecified atom stereocenters. The first-order chi connectivity index (χ1) is 10.1. The summed E-state index contributed by atoms with van der Waals surface area (Å²) in [5.74, 6) is -0.993. The minimum absolute atomic E-state index is 0.0245. The van der Waals surface area contributed by atoms with Crippen molar-refractivity contribution in [2.45, 2.75) is 19.9 Å². The van der Waals surface area contributed by atoms with Gasteiger partial charge in [0.05, 0.1) is 17.3 Å². The van der Waals surface area contributed by atoms with Crippen molar-refractivity contribution in [2.24, 2.45) is 0 Å². The maximum atomic E-state index is 13.3. The quantitative estimate of drug-likeness (QED) is 0.802. The number of fused-ring (bicyclic) bond motifs is 1. The molecule has 3 rings (SSSR count). The average Bonchev–Trinajstić information content (AvgIpc) is 2.88. The highest BCUT2D eigenvalue weighted by atomic mass is 19.2. The number of aryl methyl sites for hydroxylation is 1. The van der Waals surface area contributed by atoms with E-state index in [2.05, 4.69) is 15.0 Å². The van der Waals surface area contributed by atoms with Gasteiger partial charge in [0.15, 0.2) is 11.6 Å². The Morgan fingerprint density at radius 2 is 2.05 bits per heavy atom. The number of aromatic amines is 1. The summed E-state index contributed by atoms with van der Waals surface area (Å²) >= 11 is 0. The zero-order valence-electron chi connectivity index (χ0n) is 11.2. The lowest BCUT2D eigenvalue weighted by Crippen LogP contribution is -2.14. The molecule has 0 bridgehead atoms. The van der Waals surface area contributed by atoms with Crippen molar-refractivity contribution in [3.8, 4) is 0 Å². The zero-order valence-corrected chi connectivity index (χ0v) is 11.2. The molecule has 0 saturated heterocycles. The normalized spacial score (nSPS) is 11.2. The first kappa shape index (κ1) is 13.4. The molecule has 3 aromatic rings. The summed E-state index contributed by atoms with van der Waals surface area (Å²) < 4.78 is 28.3. The number of imidazole rings is 1. The Balaban J connectivity index is 2.08. The van der Waals surface area contributed by atoms with E-state index in [0.29, 0.717) is 12.2 Å². The number of nitrogens with zero attached hydrogens (tertiary/aromatic N) is 3. The zero-order chi connectivity index (χ0) is 15.0. The molecule has 0 aliphatic heterocycles. The third kappa shape index (κ3) is 2.42. The largest absolute Gasteiger partial charge is 0.335 e. The summed E-state index contributed by atoms with van der Waals surface area (Å²) in [4.78, 5) is 22.9. The molecule has 0 aliphatic carbocycles. The second-order valence-electron chi connectivity index (χ2n) is 4.60. The summed E-state index contributed by atoms with van der Waals surface area (Å²) in [6.07, 6.45) is 3.79. The third-order valence-corrected chi connectivity index (χ3v) is 3.26. The van der Waals surface area contributed by atoms with Gasteiger partial charge in [-0.3, -0.25) is 4.79 Å². The van der Waals surface area contributed by atoms with Crippen LogP contribution in [0, 0.1) is 11.6 Å². The van der Waals surface area contributed by atoms with Gasteiger partial charge >= 0.3 is 0 Å². The second-order valence-corrected chi connectivity index (χ2v) is 4.60. The van der Waals surface area contributed by atoms with Crippen molar-refractivity contribution < 1.29 is 8.78 Å². The van der Waals surface area contributed by atoms with E-state index in [9.17, 15) is 13.6 Å². The van der Waals surface area contributed by atoms with Crippen molar-refractivity contribution in [1.29, 1.82) is 0 Å². The van der Waals surface area contributed by atoms with Gasteiger partial charge in [-0.15, -0.1) is 0 Å². The first-order valence-electron chi connectivity index (χ1n) is 6.46. The van der Waals surface area contributed by atoms with Crippen molar-refractivity contribution in [1.82, 2.24) is 19.5 Å². The first-order valence-corrected chi connectivity index (χ1v) is 6.46. The van der Waals surface area contributed by atoms with E-state index in [1.54, 1.807) is 6.20 Å². The smallest absolute Gasteiger partial charge is 0.258 e. The molecule has 0 radical (unpaired) electrons. The van der Waals surface area contributed by atoms with Gasteiger partial charge in [-0.25, -0.2) is 18.7 Å². The maximum absolute atomic E-state index is 13.3. The lowest BCUT2D eigenvalue weighted by molar-refractivity contribution is 0.510. The topological polar surface area (TPSA) is 63.6 Å². The monoisotopic (exact) mass is 290 g/mol. The highest BCUT2D eigenvalue weighted by molar-refractivity contribution is 5.77. The van der Waals surface area contributed by atoms with E-state index in [1.807, 2.05) is 17.7 Å². The Morgan fingerprint density at radius 1 is 1.29 bits per heavy atom. The van der Waals surface area contributed by atoms with Gasteiger partial charge in [0.2, 0.25) is 0 Å². The molecule has 0 amide bonds. The number of hydrogen-bond acceptors (Lipinski definition) is 3. The van der Waals surface area contributed by atoms with E-state index in [4.69, 9.17) is 0 Å². The fraction of sp³-hybridized carbons (Fsp3) is 0.214. The van der Waals surface area contributed by atoms with E-state index in [1.165, 1.54) is 0 Å². The van der Waals surface area contributed by atoms with Gasteiger partial charge in [0, 0.05) is 25.0 Å². The van der Waals surface area contributed by atoms with Crippen LogP contribution in [-0.4, -0.2) is 19.5 Å². The number of aromatic nitrogens is 4. The Morgan fingerprint density at radius 3 is 2.81 bits per heavy atom. The fourth-order valence-corrected chi connectivity index (χ4v) is 2.21. The van der Waals surface area contributed by atoms with Crippen LogP contribution in [0.1, 0.15) is 18.6 Å². The van der Waals surface area contributed by atoms with Crippen LogP contribution in [0.4, 0.5) is 8.78 Å². The minimum atomic E-state index is -1.07. The highest BCUT2D eigenvalue weighted by Crippen LogP contribution is 2.14. The van der Waals surface area contributed by atoms with Crippen LogP contribution >= 0.6 is 0 Å². The maximum Gasteiger partial charge on any atom is 0.258 e. The third-order valence-electron chi connectivity index (χ3n) is 3.26. The molecule has 108 valence electrons. The molecule has 0 atom stereocenters. The molecule has 21 heavy (non-hydrogen) atoms. The molecular weight excluding hydrogens is 278 g/mol. The molecule has 0 fully saturated rings. The predicted molar refractivity (Wildman–Crippen MR) is 73.0 cm³/mol. The van der Waals surface area contributed by atoms with Gasteiger partial charge in [0.1, 0.15) is 11.6 Å². The average molecular weight is 290 g/mol. The van der Waals surface area contributed by atoms with Gasteiger partial charge in [-0.05, 0) is 13.0 Å². The number of H-pyrrole nitrogens is 1. The lowest BCUT2D eigenvalue weighted by atomic mass is 10.2. The van der Waals surface area contributed by atoms with Crippen molar-refractivity contribution in [2.75, 3.05) is 0 Å². The lowest BCUT2D eigenvalue weighted by Gasteiger charge is -2.05. The molecule has 0 aliphatic rings. The molecule has 0 saturated carbocycles. The molecule has 5 nitrogen and oxygen atoms in total. The Bertz CT molecular complexity index is 869. The molecule has 1 aromatic carbocycles. The number of rotatable bonds is 3. The molecule has 2 heterocycles. The summed E-state index contributed by atoms with van der Waals surface area (Å²) in [7, 11) is 0. The van der Waals surface area contributed by atoms with Gasteiger partial charge in [-0.2, -0.15) is 0 Å². The number of halogens is 2. The van der Waals surface area contributed by atoms with Gasteiger partial charge in [-0.1, -0.05) is 0 Å². The van der Waals surface area contributed by atoms with Crippen LogP contribution < -0.4 is 5.56 Å². The fourth-order valence-electron chi connectivity index (χ4n) is 2.21. The summed E-state index contributed by atoms with van der Waals surface area (Å²) in [6.45, 7) is 2.72. The molecule has 1 N–H and O–H groups in total. The Labute approximate surface area is 118 Å². The number of nitrogens with one attached hydrogen (secondary N) is 1. The standard InChI is InChI=1S/C14H12F2N4O/c1-2-20-4-3-17-13(20)7-12-18-11-6-10(16)9(15)5-8(11)14(21)19-12/h3-6H,2,7H2,1H3,(H,18,19,21). The summed E-state index contributed by atoms with van der Waals surface area (Å²) in [6, 6.07) is 1.78. The minimum Gasteiger partial charge on any atom is -0.335 e. The van der Waals surface area contributed by atoms with E-state index in [0.717, 1.165) is 24.5 Å². The molecular formula is C14H12F2N4O. The number of hydrogen-bond donors (Lipinski definition) is 1. The van der Waals surface area contributed by atoms with Crippen molar-refractivity contribution in [3.63, 3.8) is 0 Å². The number of benzene rings is 1. The molecule has 0 spiro atoms. The van der Waals surface area contributed by atoms with Gasteiger partial charge in [0.25, 0.3) is 5.56 Å². The SMILES string of the molecule is CCn1ccnc1Cc1nc2cc(F)c(F)cc2c(=O)[nH]1. The summed E-state index contributed by atoms with van der Waals surface area (Å²) in [5.41, 5.74) is -0.370. The predicted octanol–water partition coefficient (Wildman–Crippen LogP) is 2.01. The Kier molecular flexibility index (Phi) is 3.25.